The van der Waals surface area contributed by atoms with Gasteiger partial charge in [0, 0.05) is 11.7 Å². The fourth-order valence-electron chi connectivity index (χ4n) is 1.86. The number of benzene rings is 1. The zero-order chi connectivity index (χ0) is 14.5. The lowest BCUT2D eigenvalue weighted by atomic mass is 10.0. The number of hydrogen-bond acceptors (Lipinski definition) is 4. The Kier molecular flexibility index (Phi) is 4.61. The van der Waals surface area contributed by atoms with Gasteiger partial charge in [0.1, 0.15) is 6.61 Å². The van der Waals surface area contributed by atoms with Gasteiger partial charge in [0.05, 0.1) is 12.3 Å². The molecule has 108 valence electrons. The predicted molar refractivity (Wildman–Crippen MR) is 76.0 cm³/mol. The maximum absolute atomic E-state index is 11.9. The van der Waals surface area contributed by atoms with Crippen LogP contribution in [0.1, 0.15) is 37.7 Å². The van der Waals surface area contributed by atoms with Gasteiger partial charge < -0.3 is 15.8 Å². The van der Waals surface area contributed by atoms with Crippen molar-refractivity contribution in [2.45, 2.75) is 38.1 Å². The largest absolute Gasteiger partial charge is 0.465 e. The Morgan fingerprint density at radius 2 is 2.20 bits per heavy atom. The van der Waals surface area contributed by atoms with Crippen molar-refractivity contribution in [1.82, 2.24) is 5.32 Å². The molecule has 5 nitrogen and oxygen atoms in total. The zero-order valence-electron chi connectivity index (χ0n) is 11.6. The number of esters is 1. The summed E-state index contributed by atoms with van der Waals surface area (Å²) in [4.78, 5) is 23.3. The Balaban J connectivity index is 1.74. The highest BCUT2D eigenvalue weighted by atomic mass is 16.5. The molecule has 3 N–H and O–H groups in total. The lowest BCUT2D eigenvalue weighted by Crippen LogP contribution is -2.27. The zero-order valence-corrected chi connectivity index (χ0v) is 11.6. The molecule has 2 rings (SSSR count). The lowest BCUT2D eigenvalue weighted by Gasteiger charge is -2.12. The Bertz CT molecular complexity index is 498. The van der Waals surface area contributed by atoms with Gasteiger partial charge >= 0.3 is 5.97 Å². The summed E-state index contributed by atoms with van der Waals surface area (Å²) in [6, 6.07) is 7.50. The molecular formula is C15H20N2O3. The van der Waals surface area contributed by atoms with Gasteiger partial charge in [-0.2, -0.15) is 0 Å². The van der Waals surface area contributed by atoms with E-state index in [0.717, 1.165) is 18.4 Å². The van der Waals surface area contributed by atoms with Crippen LogP contribution in [-0.4, -0.2) is 24.5 Å². The minimum Gasteiger partial charge on any atom is -0.465 e. The predicted octanol–water partition coefficient (Wildman–Crippen LogP) is 1.58. The summed E-state index contributed by atoms with van der Waals surface area (Å²) in [6.07, 6.45) is 2.32. The maximum atomic E-state index is 11.9. The quantitative estimate of drug-likeness (QED) is 0.610. The van der Waals surface area contributed by atoms with E-state index in [1.807, 2.05) is 6.07 Å². The van der Waals surface area contributed by atoms with E-state index in [1.54, 1.807) is 25.1 Å². The molecule has 1 atom stereocenters. The Morgan fingerprint density at radius 3 is 2.85 bits per heavy atom. The van der Waals surface area contributed by atoms with Gasteiger partial charge in [-0.25, -0.2) is 0 Å². The van der Waals surface area contributed by atoms with Crippen LogP contribution in [0.15, 0.2) is 24.3 Å². The van der Waals surface area contributed by atoms with Crippen LogP contribution in [0.25, 0.3) is 0 Å². The lowest BCUT2D eigenvalue weighted by molar-refractivity contribution is -0.145. The topological polar surface area (TPSA) is 81.4 Å². The number of nitrogen functional groups attached to an aromatic ring is 1. The molecule has 0 saturated heterocycles. The van der Waals surface area contributed by atoms with E-state index in [9.17, 15) is 9.59 Å². The number of carbonyl (C=O) groups excluding carboxylic acids is 2. The van der Waals surface area contributed by atoms with Crippen molar-refractivity contribution in [2.75, 3.05) is 12.3 Å². The van der Waals surface area contributed by atoms with Crippen molar-refractivity contribution in [1.29, 1.82) is 0 Å². The number of nitrogens with one attached hydrogen (secondary N) is 1. The summed E-state index contributed by atoms with van der Waals surface area (Å²) in [5.74, 6) is -0.781. The first kappa shape index (κ1) is 14.4. The van der Waals surface area contributed by atoms with Crippen LogP contribution in [0.4, 0.5) is 5.69 Å². The second-order valence-electron chi connectivity index (χ2n) is 5.15. The molecule has 5 heteroatoms. The molecule has 0 heterocycles. The molecule has 1 fully saturated rings. The highest BCUT2D eigenvalue weighted by molar-refractivity contribution is 5.79. The maximum Gasteiger partial charge on any atom is 0.313 e. The average molecular weight is 276 g/mol. The molecule has 1 aliphatic carbocycles. The molecule has 0 aromatic heterocycles. The summed E-state index contributed by atoms with van der Waals surface area (Å²) in [5.41, 5.74) is 7.12. The standard InChI is InChI=1S/C15H20N2O3/c1-10(11-3-2-4-12(16)9-11)15(19)20-8-7-14(18)17-13-5-6-13/h2-4,9-10,13H,5-8,16H2,1H3,(H,17,18). The molecule has 0 aliphatic heterocycles. The van der Waals surface area contributed by atoms with Crippen molar-refractivity contribution in [3.8, 4) is 0 Å². The number of hydrogen-bond donors (Lipinski definition) is 2. The molecule has 1 unspecified atom stereocenters. The van der Waals surface area contributed by atoms with Crippen molar-refractivity contribution < 1.29 is 14.3 Å². The number of nitrogens with two attached hydrogens (primary N) is 1. The number of amides is 1. The van der Waals surface area contributed by atoms with Gasteiger partial charge in [-0.1, -0.05) is 12.1 Å². The molecule has 1 saturated carbocycles. The van der Waals surface area contributed by atoms with Gasteiger partial charge in [-0.15, -0.1) is 0 Å². The SMILES string of the molecule is CC(C(=O)OCCC(=O)NC1CC1)c1cccc(N)c1. The molecule has 1 aliphatic rings. The van der Waals surface area contributed by atoms with Crippen LogP contribution in [0.3, 0.4) is 0 Å². The molecule has 0 spiro atoms. The second-order valence-corrected chi connectivity index (χ2v) is 5.15. The van der Waals surface area contributed by atoms with Gasteiger partial charge in [-0.3, -0.25) is 9.59 Å². The molecule has 0 radical (unpaired) electrons. The van der Waals surface area contributed by atoms with Crippen molar-refractivity contribution in [3.63, 3.8) is 0 Å². The first-order chi connectivity index (χ1) is 9.56. The number of rotatable bonds is 6. The average Bonchev–Trinajstić information content (AvgIpc) is 3.21. The first-order valence-electron chi connectivity index (χ1n) is 6.87. The minimum absolute atomic E-state index is 0.0584. The summed E-state index contributed by atoms with van der Waals surface area (Å²) in [5, 5.41) is 2.85. The van der Waals surface area contributed by atoms with Crippen LogP contribution in [0.2, 0.25) is 0 Å². The van der Waals surface area contributed by atoms with E-state index in [2.05, 4.69) is 5.32 Å². The van der Waals surface area contributed by atoms with Crippen molar-refractivity contribution in [3.05, 3.63) is 29.8 Å². The van der Waals surface area contributed by atoms with Crippen LogP contribution in [-0.2, 0) is 14.3 Å². The Labute approximate surface area is 118 Å². The van der Waals surface area contributed by atoms with E-state index in [1.165, 1.54) is 0 Å². The van der Waals surface area contributed by atoms with Crippen molar-refractivity contribution in [2.24, 2.45) is 0 Å². The highest BCUT2D eigenvalue weighted by Crippen LogP contribution is 2.20. The van der Waals surface area contributed by atoms with Gasteiger partial charge in [-0.05, 0) is 37.5 Å². The Hall–Kier alpha value is -2.04. The summed E-state index contributed by atoms with van der Waals surface area (Å²) in [7, 11) is 0. The van der Waals surface area contributed by atoms with E-state index in [-0.39, 0.29) is 30.8 Å². The fourth-order valence-corrected chi connectivity index (χ4v) is 1.86. The van der Waals surface area contributed by atoms with Crippen LogP contribution in [0, 0.1) is 0 Å². The summed E-state index contributed by atoms with van der Waals surface area (Å²) >= 11 is 0. The van der Waals surface area contributed by atoms with Crippen molar-refractivity contribution >= 4 is 17.6 Å². The third-order valence-corrected chi connectivity index (χ3v) is 3.28. The van der Waals surface area contributed by atoms with E-state index in [4.69, 9.17) is 10.5 Å². The fraction of sp³-hybridized carbons (Fsp3) is 0.467. The number of carbonyl (C=O) groups is 2. The van der Waals surface area contributed by atoms with Crippen LogP contribution >= 0.6 is 0 Å². The second kappa shape index (κ2) is 6.41. The third kappa shape index (κ3) is 4.26. The van der Waals surface area contributed by atoms with Gasteiger partial charge in [0.15, 0.2) is 0 Å². The molecule has 1 amide bonds. The molecule has 1 aromatic rings. The summed E-state index contributed by atoms with van der Waals surface area (Å²) in [6.45, 7) is 1.88. The van der Waals surface area contributed by atoms with E-state index < -0.39 is 0 Å². The van der Waals surface area contributed by atoms with Crippen LogP contribution in [0.5, 0.6) is 0 Å². The Morgan fingerprint density at radius 1 is 1.45 bits per heavy atom. The molecule has 0 bridgehead atoms. The summed E-state index contributed by atoms with van der Waals surface area (Å²) < 4.78 is 5.13. The normalized spacial score (nSPS) is 15.4. The highest BCUT2D eigenvalue weighted by Gasteiger charge is 2.23. The van der Waals surface area contributed by atoms with Crippen LogP contribution < -0.4 is 11.1 Å². The number of anilines is 1. The van der Waals surface area contributed by atoms with Gasteiger partial charge in [0.2, 0.25) is 5.91 Å². The smallest absolute Gasteiger partial charge is 0.313 e. The monoisotopic (exact) mass is 276 g/mol. The molecular weight excluding hydrogens is 256 g/mol. The first-order valence-corrected chi connectivity index (χ1v) is 6.87. The van der Waals surface area contributed by atoms with Gasteiger partial charge in [0.25, 0.3) is 0 Å². The molecule has 1 aromatic carbocycles. The minimum atomic E-state index is -0.384. The number of ether oxygens (including phenoxy) is 1. The third-order valence-electron chi connectivity index (χ3n) is 3.28. The van der Waals surface area contributed by atoms with E-state index in [0.29, 0.717) is 11.7 Å². The molecule has 20 heavy (non-hydrogen) atoms. The van der Waals surface area contributed by atoms with E-state index >= 15 is 0 Å².